The molecule has 2 aromatic heterocycles. The quantitative estimate of drug-likeness (QED) is 0.508. The summed E-state index contributed by atoms with van der Waals surface area (Å²) in [4.78, 5) is 4.04. The lowest BCUT2D eigenvalue weighted by molar-refractivity contribution is 0.155. The van der Waals surface area contributed by atoms with Gasteiger partial charge in [-0.3, -0.25) is 10.00 Å². The number of nitrogens with zero attached hydrogens (tertiary/aromatic N) is 3. The minimum atomic E-state index is -0.596. The molecule has 0 saturated carbocycles. The van der Waals surface area contributed by atoms with Crippen LogP contribution in [0, 0.1) is 11.8 Å². The Kier molecular flexibility index (Phi) is 4.74. The van der Waals surface area contributed by atoms with Crippen molar-refractivity contribution < 1.29 is 5.11 Å². The van der Waals surface area contributed by atoms with E-state index in [9.17, 15) is 5.11 Å². The fourth-order valence-electron chi connectivity index (χ4n) is 1.61. The predicted octanol–water partition coefficient (Wildman–Crippen LogP) is 1.30. The molecule has 0 radical (unpaired) electrons. The van der Waals surface area contributed by atoms with Crippen LogP contribution in [-0.2, 0) is 13.6 Å². The molecule has 0 amide bonds. The summed E-state index contributed by atoms with van der Waals surface area (Å²) in [5.41, 5.74) is 2.49. The minimum absolute atomic E-state index is 0.402. The van der Waals surface area contributed by atoms with Crippen LogP contribution in [-0.4, -0.2) is 26.1 Å². The molecule has 5 nitrogen and oxygen atoms in total. The average Bonchev–Trinajstić information content (AvgIpc) is 2.81. The Balaban J connectivity index is 2.24. The van der Waals surface area contributed by atoms with Crippen molar-refractivity contribution in [2.24, 2.45) is 7.05 Å². The van der Waals surface area contributed by atoms with Crippen LogP contribution < -0.4 is 5.32 Å². The second-order valence-corrected chi connectivity index (χ2v) is 4.76. The first kappa shape index (κ1) is 14.5. The van der Waals surface area contributed by atoms with Crippen LogP contribution in [0.4, 0.5) is 0 Å². The second-order valence-electron chi connectivity index (χ2n) is 4.37. The van der Waals surface area contributed by atoms with Gasteiger partial charge in [-0.2, -0.15) is 5.10 Å². The number of aliphatic hydroxyl groups is 1. The van der Waals surface area contributed by atoms with Gasteiger partial charge in [-0.1, -0.05) is 23.4 Å². The number of aryl methyl sites for hydroxylation is 1. The Morgan fingerprint density at radius 2 is 2.25 bits per heavy atom. The van der Waals surface area contributed by atoms with E-state index in [2.05, 4.69) is 27.2 Å². The zero-order valence-electron chi connectivity index (χ0n) is 11.3. The van der Waals surface area contributed by atoms with Gasteiger partial charge in [0.2, 0.25) is 0 Å². The molecule has 0 aliphatic rings. The molecule has 20 heavy (non-hydrogen) atoms. The summed E-state index contributed by atoms with van der Waals surface area (Å²) in [6.45, 7) is 2.13. The maximum absolute atomic E-state index is 9.28. The molecule has 0 spiro atoms. The summed E-state index contributed by atoms with van der Waals surface area (Å²) >= 11 is 5.89. The molecule has 1 atom stereocenters. The van der Waals surface area contributed by atoms with Gasteiger partial charge in [-0.25, -0.2) is 4.98 Å². The standard InChI is InChI=1S/C14H15ClN4O/c1-10(20)16-8-13-5-14(15)17-7-12(13)4-3-11-6-18-19(2)9-11/h5-7,9-10,16,20H,8H2,1-2H3. The number of rotatable bonds is 3. The van der Waals surface area contributed by atoms with Crippen molar-refractivity contribution in [3.8, 4) is 11.8 Å². The van der Waals surface area contributed by atoms with E-state index in [-0.39, 0.29) is 0 Å². The maximum atomic E-state index is 9.28. The van der Waals surface area contributed by atoms with Gasteiger partial charge in [0.15, 0.2) is 0 Å². The number of aromatic nitrogens is 3. The molecule has 2 aromatic rings. The third kappa shape index (κ3) is 4.07. The number of hydrogen-bond acceptors (Lipinski definition) is 4. The van der Waals surface area contributed by atoms with E-state index in [1.807, 2.05) is 13.2 Å². The van der Waals surface area contributed by atoms with Crippen LogP contribution in [0.2, 0.25) is 5.15 Å². The van der Waals surface area contributed by atoms with Gasteiger partial charge in [-0.15, -0.1) is 0 Å². The highest BCUT2D eigenvalue weighted by Gasteiger charge is 2.04. The molecule has 0 saturated heterocycles. The summed E-state index contributed by atoms with van der Waals surface area (Å²) in [6, 6.07) is 1.74. The Labute approximate surface area is 122 Å². The highest BCUT2D eigenvalue weighted by Crippen LogP contribution is 2.12. The SMILES string of the molecule is CC(O)NCc1cc(Cl)ncc1C#Cc1cnn(C)c1. The first-order valence-electron chi connectivity index (χ1n) is 6.11. The number of nitrogens with one attached hydrogen (secondary N) is 1. The van der Waals surface area contributed by atoms with E-state index in [4.69, 9.17) is 11.6 Å². The molecule has 0 fully saturated rings. The van der Waals surface area contributed by atoms with E-state index in [0.29, 0.717) is 11.7 Å². The van der Waals surface area contributed by atoms with Crippen molar-refractivity contribution in [2.45, 2.75) is 19.7 Å². The molecular formula is C14H15ClN4O. The number of pyridine rings is 1. The van der Waals surface area contributed by atoms with Gasteiger partial charge in [0.05, 0.1) is 11.8 Å². The van der Waals surface area contributed by atoms with Crippen molar-refractivity contribution in [1.29, 1.82) is 0 Å². The van der Waals surface area contributed by atoms with Crippen molar-refractivity contribution in [3.63, 3.8) is 0 Å². The van der Waals surface area contributed by atoms with Crippen LogP contribution in [0.25, 0.3) is 0 Å². The number of hydrogen-bond donors (Lipinski definition) is 2. The van der Waals surface area contributed by atoms with Crippen molar-refractivity contribution >= 4 is 11.6 Å². The Morgan fingerprint density at radius 1 is 1.45 bits per heavy atom. The topological polar surface area (TPSA) is 63.0 Å². The monoisotopic (exact) mass is 290 g/mol. The Hall–Kier alpha value is -1.87. The first-order valence-corrected chi connectivity index (χ1v) is 6.49. The van der Waals surface area contributed by atoms with Crippen molar-refractivity contribution in [1.82, 2.24) is 20.1 Å². The average molecular weight is 291 g/mol. The molecule has 104 valence electrons. The molecule has 2 heterocycles. The summed E-state index contributed by atoms with van der Waals surface area (Å²) in [6.07, 6.45) is 4.57. The van der Waals surface area contributed by atoms with Gasteiger partial charge in [0, 0.05) is 31.5 Å². The molecule has 2 N–H and O–H groups in total. The van der Waals surface area contributed by atoms with Crippen LogP contribution in [0.1, 0.15) is 23.6 Å². The molecule has 1 unspecified atom stereocenters. The highest BCUT2D eigenvalue weighted by molar-refractivity contribution is 6.29. The van der Waals surface area contributed by atoms with Gasteiger partial charge in [0.1, 0.15) is 11.4 Å². The normalized spacial score (nSPS) is 11.8. The van der Waals surface area contributed by atoms with Crippen LogP contribution >= 0.6 is 11.6 Å². The molecular weight excluding hydrogens is 276 g/mol. The lowest BCUT2D eigenvalue weighted by atomic mass is 10.1. The molecule has 0 bridgehead atoms. The van der Waals surface area contributed by atoms with Crippen molar-refractivity contribution in [2.75, 3.05) is 0 Å². The van der Waals surface area contributed by atoms with Gasteiger partial charge in [-0.05, 0) is 18.6 Å². The van der Waals surface area contributed by atoms with Crippen molar-refractivity contribution in [3.05, 3.63) is 46.5 Å². The second kappa shape index (κ2) is 6.53. The fourth-order valence-corrected chi connectivity index (χ4v) is 1.79. The summed E-state index contributed by atoms with van der Waals surface area (Å²) < 4.78 is 1.69. The lowest BCUT2D eigenvalue weighted by Crippen LogP contribution is -2.25. The fraction of sp³-hybridized carbons (Fsp3) is 0.286. The van der Waals surface area contributed by atoms with E-state index in [1.165, 1.54) is 0 Å². The minimum Gasteiger partial charge on any atom is -0.379 e. The molecule has 6 heteroatoms. The molecule has 2 rings (SSSR count). The Bertz CT molecular complexity index is 655. The van der Waals surface area contributed by atoms with E-state index < -0.39 is 6.23 Å². The van der Waals surface area contributed by atoms with E-state index in [0.717, 1.165) is 16.7 Å². The summed E-state index contributed by atoms with van der Waals surface area (Å²) in [5.74, 6) is 6.07. The highest BCUT2D eigenvalue weighted by atomic mass is 35.5. The van der Waals surface area contributed by atoms with Gasteiger partial charge >= 0.3 is 0 Å². The first-order chi connectivity index (χ1) is 9.54. The smallest absolute Gasteiger partial charge is 0.129 e. The third-order valence-electron chi connectivity index (χ3n) is 2.59. The molecule has 0 aliphatic carbocycles. The van der Waals surface area contributed by atoms with E-state index >= 15 is 0 Å². The molecule has 0 aromatic carbocycles. The lowest BCUT2D eigenvalue weighted by Gasteiger charge is -2.09. The zero-order chi connectivity index (χ0) is 14.5. The van der Waals surface area contributed by atoms with E-state index in [1.54, 1.807) is 30.1 Å². The zero-order valence-corrected chi connectivity index (χ0v) is 12.0. The van der Waals surface area contributed by atoms with Crippen LogP contribution in [0.15, 0.2) is 24.7 Å². The predicted molar refractivity (Wildman–Crippen MR) is 77.0 cm³/mol. The maximum Gasteiger partial charge on any atom is 0.129 e. The summed E-state index contributed by atoms with van der Waals surface area (Å²) in [7, 11) is 1.84. The van der Waals surface area contributed by atoms with Crippen LogP contribution in [0.5, 0.6) is 0 Å². The van der Waals surface area contributed by atoms with Crippen LogP contribution in [0.3, 0.4) is 0 Å². The number of halogens is 1. The third-order valence-corrected chi connectivity index (χ3v) is 2.80. The molecule has 0 aliphatic heterocycles. The largest absolute Gasteiger partial charge is 0.379 e. The van der Waals surface area contributed by atoms with Gasteiger partial charge in [0.25, 0.3) is 0 Å². The van der Waals surface area contributed by atoms with Gasteiger partial charge < -0.3 is 5.11 Å². The summed E-state index contributed by atoms with van der Waals surface area (Å²) in [5, 5.41) is 16.7. The Morgan fingerprint density at radius 3 is 2.90 bits per heavy atom. The number of aliphatic hydroxyl groups excluding tert-OH is 1.